The van der Waals surface area contributed by atoms with E-state index in [1.165, 1.54) is 4.88 Å². The summed E-state index contributed by atoms with van der Waals surface area (Å²) in [6.45, 7) is 4.70. The summed E-state index contributed by atoms with van der Waals surface area (Å²) in [7, 11) is 1.79. The summed E-state index contributed by atoms with van der Waals surface area (Å²) in [5.41, 5.74) is 0. The van der Waals surface area contributed by atoms with Gasteiger partial charge < -0.3 is 15.2 Å². The highest BCUT2D eigenvalue weighted by molar-refractivity contribution is 14.0. The Morgan fingerprint density at radius 2 is 2.00 bits per heavy atom. The molecule has 7 heteroatoms. The van der Waals surface area contributed by atoms with Crippen molar-refractivity contribution in [3.63, 3.8) is 0 Å². The predicted molar refractivity (Wildman–Crippen MR) is 99.8 cm³/mol. The van der Waals surface area contributed by atoms with Crippen molar-refractivity contribution in [3.8, 4) is 0 Å². The van der Waals surface area contributed by atoms with Crippen molar-refractivity contribution in [2.24, 2.45) is 4.99 Å². The van der Waals surface area contributed by atoms with Crippen LogP contribution in [0.5, 0.6) is 0 Å². The van der Waals surface area contributed by atoms with E-state index in [-0.39, 0.29) is 24.0 Å². The number of rotatable bonds is 6. The van der Waals surface area contributed by atoms with Crippen LogP contribution in [0.3, 0.4) is 0 Å². The van der Waals surface area contributed by atoms with E-state index in [1.807, 2.05) is 18.3 Å². The highest BCUT2D eigenvalue weighted by atomic mass is 127. The van der Waals surface area contributed by atoms with Crippen LogP contribution in [-0.2, 0) is 13.0 Å². The predicted octanol–water partition coefficient (Wildman–Crippen LogP) is 2.28. The Morgan fingerprint density at radius 3 is 2.62 bits per heavy atom. The largest absolute Gasteiger partial charge is 0.356 e. The summed E-state index contributed by atoms with van der Waals surface area (Å²) in [6, 6.07) is 4.06. The molecule has 0 aliphatic rings. The number of nitrogens with zero attached hydrogens (tertiary/aromatic N) is 3. The second kappa shape index (κ2) is 9.78. The topological polar surface area (TPSA) is 54.2 Å². The average molecular weight is 419 g/mol. The molecule has 0 bridgehead atoms. The number of nitrogens with one attached hydrogen (secondary N) is 2. The lowest BCUT2D eigenvalue weighted by Crippen LogP contribution is -2.39. The Labute approximate surface area is 146 Å². The number of aromatic nitrogens is 2. The van der Waals surface area contributed by atoms with Crippen LogP contribution >= 0.6 is 35.3 Å². The molecule has 0 fully saturated rings. The molecule has 0 aliphatic heterocycles. The molecule has 2 heterocycles. The zero-order chi connectivity index (χ0) is 14.2. The van der Waals surface area contributed by atoms with Crippen molar-refractivity contribution in [1.82, 2.24) is 20.2 Å². The molecule has 116 valence electrons. The van der Waals surface area contributed by atoms with Crippen LogP contribution in [0.1, 0.15) is 9.88 Å². The van der Waals surface area contributed by atoms with Gasteiger partial charge in [-0.2, -0.15) is 0 Å². The van der Waals surface area contributed by atoms with Gasteiger partial charge >= 0.3 is 0 Å². The van der Waals surface area contributed by atoms with Crippen molar-refractivity contribution in [1.29, 1.82) is 0 Å². The molecule has 2 rings (SSSR count). The first-order valence-corrected chi connectivity index (χ1v) is 7.56. The first kappa shape index (κ1) is 18.0. The summed E-state index contributed by atoms with van der Waals surface area (Å²) >= 11 is 1.75. The Bertz CT molecular complexity index is 535. The standard InChI is InChI=1S/C14H21N5S.HI/c1-12-11-18-13(20-12)5-6-16-14(15-2)17-7-10-19-8-3-4-9-19;/h3-4,8-9,11H,5-7,10H2,1-2H3,(H2,15,16,17);1H. The lowest BCUT2D eigenvalue weighted by molar-refractivity contribution is 0.665. The number of guanidine groups is 1. The molecular weight excluding hydrogens is 397 g/mol. The van der Waals surface area contributed by atoms with E-state index in [0.717, 1.165) is 37.0 Å². The third-order valence-electron chi connectivity index (χ3n) is 2.85. The smallest absolute Gasteiger partial charge is 0.191 e. The van der Waals surface area contributed by atoms with Gasteiger partial charge in [0.05, 0.1) is 5.01 Å². The molecule has 2 aromatic rings. The Balaban J connectivity index is 0.00000220. The number of aryl methyl sites for hydroxylation is 1. The number of thiazole rings is 1. The molecule has 0 amide bonds. The molecule has 21 heavy (non-hydrogen) atoms. The molecule has 2 aromatic heterocycles. The average Bonchev–Trinajstić information content (AvgIpc) is 3.09. The van der Waals surface area contributed by atoms with Crippen LogP contribution in [0.15, 0.2) is 35.7 Å². The van der Waals surface area contributed by atoms with Gasteiger partial charge in [-0.05, 0) is 19.1 Å². The minimum atomic E-state index is 0. The molecular formula is C14H22IN5S. The fourth-order valence-corrected chi connectivity index (χ4v) is 2.63. The van der Waals surface area contributed by atoms with Gasteiger partial charge in [0.1, 0.15) is 0 Å². The van der Waals surface area contributed by atoms with Gasteiger partial charge in [0.25, 0.3) is 0 Å². The second-order valence-corrected chi connectivity index (χ2v) is 5.78. The van der Waals surface area contributed by atoms with Crippen LogP contribution < -0.4 is 10.6 Å². The second-order valence-electron chi connectivity index (χ2n) is 4.46. The van der Waals surface area contributed by atoms with E-state index in [2.05, 4.69) is 44.5 Å². The zero-order valence-corrected chi connectivity index (χ0v) is 15.5. The summed E-state index contributed by atoms with van der Waals surface area (Å²) < 4.78 is 2.14. The highest BCUT2D eigenvalue weighted by Gasteiger charge is 2.00. The molecule has 0 aliphatic carbocycles. The third kappa shape index (κ3) is 6.47. The molecule has 0 atom stereocenters. The number of halogens is 1. The van der Waals surface area contributed by atoms with Crippen molar-refractivity contribution in [2.45, 2.75) is 19.9 Å². The normalized spacial score (nSPS) is 11.0. The van der Waals surface area contributed by atoms with E-state index in [4.69, 9.17) is 0 Å². The van der Waals surface area contributed by atoms with Crippen LogP contribution in [0.25, 0.3) is 0 Å². The van der Waals surface area contributed by atoms with Crippen LogP contribution in [0.2, 0.25) is 0 Å². The van der Waals surface area contributed by atoms with Gasteiger partial charge in [0, 0.05) is 56.6 Å². The van der Waals surface area contributed by atoms with Gasteiger partial charge in [0.15, 0.2) is 5.96 Å². The molecule has 5 nitrogen and oxygen atoms in total. The van der Waals surface area contributed by atoms with E-state index in [0.29, 0.717) is 0 Å². The molecule has 0 aromatic carbocycles. The lowest BCUT2D eigenvalue weighted by atomic mass is 10.4. The summed E-state index contributed by atoms with van der Waals surface area (Å²) in [4.78, 5) is 9.82. The van der Waals surface area contributed by atoms with E-state index in [9.17, 15) is 0 Å². The maximum Gasteiger partial charge on any atom is 0.191 e. The van der Waals surface area contributed by atoms with Gasteiger partial charge in [-0.1, -0.05) is 0 Å². The lowest BCUT2D eigenvalue weighted by Gasteiger charge is -2.11. The maximum absolute atomic E-state index is 4.35. The van der Waals surface area contributed by atoms with E-state index >= 15 is 0 Å². The Kier molecular flexibility index (Phi) is 8.36. The van der Waals surface area contributed by atoms with E-state index in [1.54, 1.807) is 18.4 Å². The van der Waals surface area contributed by atoms with Crippen LogP contribution in [0.4, 0.5) is 0 Å². The molecule has 2 N–H and O–H groups in total. The molecule has 0 radical (unpaired) electrons. The Morgan fingerprint density at radius 1 is 1.29 bits per heavy atom. The summed E-state index contributed by atoms with van der Waals surface area (Å²) in [5, 5.41) is 7.77. The molecule has 0 saturated heterocycles. The summed E-state index contributed by atoms with van der Waals surface area (Å²) in [5.74, 6) is 0.838. The number of hydrogen-bond acceptors (Lipinski definition) is 3. The minimum absolute atomic E-state index is 0. The monoisotopic (exact) mass is 419 g/mol. The molecule has 0 unspecified atom stereocenters. The SMILES string of the molecule is CN=C(NCCc1ncc(C)s1)NCCn1cccc1.I. The van der Waals surface area contributed by atoms with Crippen LogP contribution in [0, 0.1) is 6.92 Å². The van der Waals surface area contributed by atoms with Crippen molar-refractivity contribution in [2.75, 3.05) is 20.1 Å². The number of aliphatic imine (C=N–C) groups is 1. The Hall–Kier alpha value is -1.09. The quantitative estimate of drug-likeness (QED) is 0.429. The minimum Gasteiger partial charge on any atom is -0.356 e. The van der Waals surface area contributed by atoms with E-state index < -0.39 is 0 Å². The molecule has 0 saturated carbocycles. The third-order valence-corrected chi connectivity index (χ3v) is 3.83. The van der Waals surface area contributed by atoms with Crippen molar-refractivity contribution < 1.29 is 0 Å². The van der Waals surface area contributed by atoms with Gasteiger partial charge in [0.2, 0.25) is 0 Å². The van der Waals surface area contributed by atoms with Crippen molar-refractivity contribution >= 4 is 41.3 Å². The maximum atomic E-state index is 4.35. The van der Waals surface area contributed by atoms with Gasteiger partial charge in [-0.15, -0.1) is 35.3 Å². The first-order valence-electron chi connectivity index (χ1n) is 6.74. The zero-order valence-electron chi connectivity index (χ0n) is 12.4. The summed E-state index contributed by atoms with van der Waals surface area (Å²) in [6.07, 6.45) is 6.96. The highest BCUT2D eigenvalue weighted by Crippen LogP contribution is 2.10. The van der Waals surface area contributed by atoms with Gasteiger partial charge in [-0.25, -0.2) is 4.98 Å². The van der Waals surface area contributed by atoms with Crippen LogP contribution in [-0.4, -0.2) is 35.6 Å². The van der Waals surface area contributed by atoms with Crippen molar-refractivity contribution in [3.05, 3.63) is 40.6 Å². The fourth-order valence-electron chi connectivity index (χ4n) is 1.85. The van der Waals surface area contributed by atoms with Gasteiger partial charge in [-0.3, -0.25) is 4.99 Å². The first-order chi connectivity index (χ1) is 9.78. The number of hydrogen-bond donors (Lipinski definition) is 2. The fraction of sp³-hybridized carbons (Fsp3) is 0.429. The molecule has 0 spiro atoms.